The molecule has 5 heterocycles. The fraction of sp³-hybridized carbons (Fsp3) is 0.160. The van der Waals surface area contributed by atoms with Crippen LogP contribution in [0.1, 0.15) is 16.2 Å². The van der Waals surface area contributed by atoms with Crippen molar-refractivity contribution in [2.45, 2.75) is 13.0 Å². The van der Waals surface area contributed by atoms with Gasteiger partial charge in [-0.25, -0.2) is 14.8 Å². The number of rotatable bonds is 5. The largest absolute Gasteiger partial charge is 0.455 e. The fourth-order valence-corrected chi connectivity index (χ4v) is 4.61. The van der Waals surface area contributed by atoms with Crippen LogP contribution < -0.4 is 5.32 Å². The van der Waals surface area contributed by atoms with Gasteiger partial charge in [-0.3, -0.25) is 9.97 Å². The maximum absolute atomic E-state index is 12.3. The standard InChI is InChI=1S/C25H20N6O2S/c1-14-3-2-4-20(30-14)23-22(28-13-29-23)15-5-6-19-16(7-15)8-17(9-27-19)24-31-21(12-34-24)25(32)33-18-10-26-11-18/h2-9,12-13,18,26H,10-11H2,1H3,(H,28,29). The van der Waals surface area contributed by atoms with Gasteiger partial charge >= 0.3 is 5.97 Å². The van der Waals surface area contributed by atoms with Gasteiger partial charge in [-0.15, -0.1) is 11.3 Å². The smallest absolute Gasteiger partial charge is 0.358 e. The van der Waals surface area contributed by atoms with Gasteiger partial charge in [0.1, 0.15) is 11.1 Å². The third kappa shape index (κ3) is 3.85. The molecule has 2 N–H and O–H groups in total. The highest BCUT2D eigenvalue weighted by atomic mass is 32.1. The van der Waals surface area contributed by atoms with Crippen LogP contribution in [0.3, 0.4) is 0 Å². The normalized spacial score (nSPS) is 13.7. The van der Waals surface area contributed by atoms with Crippen molar-refractivity contribution in [1.82, 2.24) is 30.2 Å². The molecule has 34 heavy (non-hydrogen) atoms. The number of aromatic amines is 1. The summed E-state index contributed by atoms with van der Waals surface area (Å²) in [5.41, 5.74) is 6.50. The van der Waals surface area contributed by atoms with Crippen LogP contribution in [0.5, 0.6) is 0 Å². The maximum Gasteiger partial charge on any atom is 0.358 e. The van der Waals surface area contributed by atoms with Crippen LogP contribution in [-0.2, 0) is 4.74 Å². The number of benzene rings is 1. The predicted molar refractivity (Wildman–Crippen MR) is 130 cm³/mol. The van der Waals surface area contributed by atoms with Crippen LogP contribution >= 0.6 is 11.3 Å². The average Bonchev–Trinajstić information content (AvgIpc) is 3.51. The number of nitrogens with zero attached hydrogens (tertiary/aromatic N) is 4. The highest BCUT2D eigenvalue weighted by Crippen LogP contribution is 2.32. The highest BCUT2D eigenvalue weighted by Gasteiger charge is 2.23. The van der Waals surface area contributed by atoms with Crippen molar-refractivity contribution in [2.24, 2.45) is 0 Å². The van der Waals surface area contributed by atoms with Crippen LogP contribution in [-0.4, -0.2) is 50.1 Å². The Kier molecular flexibility index (Phi) is 5.12. The lowest BCUT2D eigenvalue weighted by atomic mass is 10.0. The van der Waals surface area contributed by atoms with E-state index in [0.717, 1.165) is 49.8 Å². The summed E-state index contributed by atoms with van der Waals surface area (Å²) in [7, 11) is 0. The molecule has 1 aromatic carbocycles. The van der Waals surface area contributed by atoms with Gasteiger partial charge in [0.05, 0.1) is 28.9 Å². The second kappa shape index (κ2) is 8.44. The van der Waals surface area contributed by atoms with Crippen molar-refractivity contribution in [1.29, 1.82) is 0 Å². The average molecular weight is 469 g/mol. The second-order valence-corrected chi connectivity index (χ2v) is 9.00. The first kappa shape index (κ1) is 20.6. The molecule has 168 valence electrons. The van der Waals surface area contributed by atoms with E-state index in [1.165, 1.54) is 11.3 Å². The number of hydrogen-bond donors (Lipinski definition) is 2. The number of carbonyl (C=O) groups is 1. The molecular weight excluding hydrogens is 448 g/mol. The van der Waals surface area contributed by atoms with Gasteiger partial charge in [0.15, 0.2) is 5.69 Å². The first-order chi connectivity index (χ1) is 16.6. The van der Waals surface area contributed by atoms with E-state index >= 15 is 0 Å². The monoisotopic (exact) mass is 468 g/mol. The third-order valence-electron chi connectivity index (χ3n) is 5.72. The number of carbonyl (C=O) groups excluding carboxylic acids is 1. The van der Waals surface area contributed by atoms with Crippen molar-refractivity contribution < 1.29 is 9.53 Å². The van der Waals surface area contributed by atoms with Gasteiger partial charge < -0.3 is 15.0 Å². The van der Waals surface area contributed by atoms with E-state index in [9.17, 15) is 4.79 Å². The lowest BCUT2D eigenvalue weighted by Crippen LogP contribution is -2.49. The number of fused-ring (bicyclic) bond motifs is 1. The van der Waals surface area contributed by atoms with Crippen LogP contribution in [0, 0.1) is 6.92 Å². The van der Waals surface area contributed by atoms with E-state index in [1.807, 2.05) is 43.3 Å². The molecule has 0 bridgehead atoms. The Balaban J connectivity index is 1.32. The molecule has 0 saturated carbocycles. The molecular formula is C25H20N6O2S. The van der Waals surface area contributed by atoms with E-state index < -0.39 is 0 Å². The number of hydrogen-bond acceptors (Lipinski definition) is 8. The molecule has 0 unspecified atom stereocenters. The molecule has 4 aromatic heterocycles. The van der Waals surface area contributed by atoms with E-state index in [4.69, 9.17) is 4.74 Å². The molecule has 0 atom stereocenters. The van der Waals surface area contributed by atoms with E-state index in [1.54, 1.807) is 17.9 Å². The summed E-state index contributed by atoms with van der Waals surface area (Å²) in [6.07, 6.45) is 3.39. The van der Waals surface area contributed by atoms with Crippen molar-refractivity contribution in [3.8, 4) is 33.2 Å². The Labute approximate surface area is 199 Å². The minimum Gasteiger partial charge on any atom is -0.455 e. The molecule has 8 nitrogen and oxygen atoms in total. The Bertz CT molecular complexity index is 1520. The maximum atomic E-state index is 12.3. The molecule has 0 aliphatic carbocycles. The quantitative estimate of drug-likeness (QED) is 0.372. The Morgan fingerprint density at radius 3 is 2.79 bits per heavy atom. The molecule has 6 rings (SSSR count). The SMILES string of the molecule is Cc1cccc(-c2[nH]cnc2-c2ccc3ncc(-c4nc(C(=O)OC5CNC5)cs4)cc3c2)n1. The number of H-pyrrole nitrogens is 1. The zero-order valence-corrected chi connectivity index (χ0v) is 19.1. The Morgan fingerprint density at radius 2 is 1.97 bits per heavy atom. The summed E-state index contributed by atoms with van der Waals surface area (Å²) >= 11 is 1.40. The van der Waals surface area contributed by atoms with Crippen LogP contribution in [0.15, 0.2) is 60.4 Å². The molecule has 1 saturated heterocycles. The van der Waals surface area contributed by atoms with Gasteiger partial charge in [0, 0.05) is 46.9 Å². The fourth-order valence-electron chi connectivity index (χ4n) is 3.84. The molecule has 0 amide bonds. The summed E-state index contributed by atoms with van der Waals surface area (Å²) in [5, 5.41) is 6.50. The summed E-state index contributed by atoms with van der Waals surface area (Å²) < 4.78 is 5.42. The number of aryl methyl sites for hydroxylation is 1. The Hall–Kier alpha value is -3.95. The molecule has 0 radical (unpaired) electrons. The van der Waals surface area contributed by atoms with Crippen molar-refractivity contribution in [2.75, 3.05) is 13.1 Å². The zero-order chi connectivity index (χ0) is 23.1. The van der Waals surface area contributed by atoms with E-state index in [0.29, 0.717) is 18.8 Å². The highest BCUT2D eigenvalue weighted by molar-refractivity contribution is 7.13. The summed E-state index contributed by atoms with van der Waals surface area (Å²) in [5.74, 6) is -0.388. The number of aromatic nitrogens is 5. The first-order valence-corrected chi connectivity index (χ1v) is 11.8. The molecule has 1 aliphatic rings. The van der Waals surface area contributed by atoms with Gasteiger partial charge in [-0.2, -0.15) is 0 Å². The molecule has 1 fully saturated rings. The number of pyridine rings is 2. The van der Waals surface area contributed by atoms with E-state index in [2.05, 4.69) is 36.3 Å². The zero-order valence-electron chi connectivity index (χ0n) is 18.3. The second-order valence-electron chi connectivity index (χ2n) is 8.15. The van der Waals surface area contributed by atoms with E-state index in [-0.39, 0.29) is 12.1 Å². The van der Waals surface area contributed by atoms with Gasteiger partial charge in [-0.05, 0) is 37.3 Å². The summed E-state index contributed by atoms with van der Waals surface area (Å²) in [6, 6.07) is 14.0. The number of esters is 1. The summed E-state index contributed by atoms with van der Waals surface area (Å²) in [4.78, 5) is 33.8. The van der Waals surface area contributed by atoms with Gasteiger partial charge in [0.2, 0.25) is 0 Å². The molecule has 9 heteroatoms. The Morgan fingerprint density at radius 1 is 1.09 bits per heavy atom. The number of ether oxygens (including phenoxy) is 1. The number of imidazole rings is 1. The molecule has 0 spiro atoms. The first-order valence-electron chi connectivity index (χ1n) is 10.9. The van der Waals surface area contributed by atoms with Crippen LogP contribution in [0.4, 0.5) is 0 Å². The minimum absolute atomic E-state index is 0.0691. The number of thiazole rings is 1. The van der Waals surface area contributed by atoms with Crippen molar-refractivity contribution in [3.63, 3.8) is 0 Å². The van der Waals surface area contributed by atoms with Crippen molar-refractivity contribution >= 4 is 28.2 Å². The lowest BCUT2D eigenvalue weighted by molar-refractivity contribution is 0.0164. The van der Waals surface area contributed by atoms with Crippen LogP contribution in [0.25, 0.3) is 44.1 Å². The third-order valence-corrected chi connectivity index (χ3v) is 6.61. The minimum atomic E-state index is -0.388. The predicted octanol–water partition coefficient (Wildman–Crippen LogP) is 4.25. The molecule has 1 aliphatic heterocycles. The summed E-state index contributed by atoms with van der Waals surface area (Å²) in [6.45, 7) is 3.35. The van der Waals surface area contributed by atoms with Gasteiger partial charge in [0.25, 0.3) is 0 Å². The lowest BCUT2D eigenvalue weighted by Gasteiger charge is -2.26. The van der Waals surface area contributed by atoms with Crippen molar-refractivity contribution in [3.05, 3.63) is 71.8 Å². The van der Waals surface area contributed by atoms with Gasteiger partial charge in [-0.1, -0.05) is 12.1 Å². The topological polar surface area (TPSA) is 106 Å². The number of nitrogens with one attached hydrogen (secondary N) is 2. The molecule has 5 aromatic rings. The van der Waals surface area contributed by atoms with Crippen LogP contribution in [0.2, 0.25) is 0 Å².